The van der Waals surface area contributed by atoms with Gasteiger partial charge in [-0.1, -0.05) is 0 Å². The van der Waals surface area contributed by atoms with Gasteiger partial charge in [0.2, 0.25) is 26.0 Å². The number of anilines is 1. The van der Waals surface area contributed by atoms with Crippen LogP contribution >= 0.6 is 0 Å². The Balaban J connectivity index is 1.67. The Morgan fingerprint density at radius 2 is 1.79 bits per heavy atom. The van der Waals surface area contributed by atoms with E-state index in [0.29, 0.717) is 30.4 Å². The SMILES string of the molecule is COc1ccc(N2C(=O)CCS2(=O)=O)cc1S(=O)(=O)N1CCC2(CC1)OCCO2. The zero-order chi connectivity index (χ0) is 20.9. The van der Waals surface area contributed by atoms with Crippen molar-refractivity contribution in [2.24, 2.45) is 0 Å². The third-order valence-corrected chi connectivity index (χ3v) is 8.99. The number of hydrogen-bond donors (Lipinski definition) is 0. The second-order valence-electron chi connectivity index (χ2n) is 7.07. The Bertz CT molecular complexity index is 1020. The van der Waals surface area contributed by atoms with Crippen LogP contribution in [0.2, 0.25) is 0 Å². The number of hydrogen-bond acceptors (Lipinski definition) is 8. The Labute approximate surface area is 169 Å². The summed E-state index contributed by atoms with van der Waals surface area (Å²) in [7, 11) is -6.47. The van der Waals surface area contributed by atoms with Crippen LogP contribution in [0.1, 0.15) is 19.3 Å². The predicted molar refractivity (Wildman–Crippen MR) is 102 cm³/mol. The summed E-state index contributed by atoms with van der Waals surface area (Å²) in [5.74, 6) is -1.54. The molecule has 1 aromatic rings. The van der Waals surface area contributed by atoms with Crippen LogP contribution in [-0.2, 0) is 34.3 Å². The van der Waals surface area contributed by atoms with Gasteiger partial charge in [-0.05, 0) is 18.2 Å². The molecule has 0 aliphatic carbocycles. The lowest BCUT2D eigenvalue weighted by Gasteiger charge is -2.37. The minimum absolute atomic E-state index is 0.0113. The summed E-state index contributed by atoms with van der Waals surface area (Å²) in [4.78, 5) is 11.9. The maximum absolute atomic E-state index is 13.3. The monoisotopic (exact) mass is 446 g/mol. The van der Waals surface area contributed by atoms with E-state index in [-0.39, 0.29) is 41.6 Å². The molecule has 0 bridgehead atoms. The Kier molecular flexibility index (Phi) is 5.10. The first-order chi connectivity index (χ1) is 13.7. The maximum Gasteiger partial charge on any atom is 0.246 e. The van der Waals surface area contributed by atoms with E-state index >= 15 is 0 Å². The number of piperidine rings is 1. The summed E-state index contributed by atoms with van der Waals surface area (Å²) >= 11 is 0. The van der Waals surface area contributed by atoms with Gasteiger partial charge in [-0.25, -0.2) is 21.1 Å². The van der Waals surface area contributed by atoms with Crippen LogP contribution in [0.5, 0.6) is 5.75 Å². The molecule has 10 nitrogen and oxygen atoms in total. The molecule has 3 saturated heterocycles. The van der Waals surface area contributed by atoms with E-state index in [9.17, 15) is 21.6 Å². The molecule has 160 valence electrons. The number of methoxy groups -OCH3 is 1. The first-order valence-corrected chi connectivity index (χ1v) is 12.3. The second kappa shape index (κ2) is 7.20. The molecular formula is C17H22N2O8S2. The molecule has 3 aliphatic heterocycles. The number of ether oxygens (including phenoxy) is 3. The van der Waals surface area contributed by atoms with Crippen LogP contribution in [-0.4, -0.2) is 72.0 Å². The summed E-state index contributed by atoms with van der Waals surface area (Å²) in [6.07, 6.45) is 0.658. The number of nitrogens with zero attached hydrogens (tertiary/aromatic N) is 2. The fourth-order valence-electron chi connectivity index (χ4n) is 3.85. The van der Waals surface area contributed by atoms with E-state index in [1.54, 1.807) is 0 Å². The number of sulfonamides is 2. The smallest absolute Gasteiger partial charge is 0.246 e. The van der Waals surface area contributed by atoms with E-state index in [2.05, 4.69) is 0 Å². The van der Waals surface area contributed by atoms with Crippen LogP contribution in [0.15, 0.2) is 23.1 Å². The molecule has 0 radical (unpaired) electrons. The Morgan fingerprint density at radius 1 is 1.14 bits per heavy atom. The fraction of sp³-hybridized carbons (Fsp3) is 0.588. The Hall–Kier alpha value is -1.73. The van der Waals surface area contributed by atoms with Gasteiger partial charge >= 0.3 is 0 Å². The van der Waals surface area contributed by atoms with E-state index in [1.807, 2.05) is 0 Å². The van der Waals surface area contributed by atoms with Crippen LogP contribution in [0.25, 0.3) is 0 Å². The summed E-state index contributed by atoms with van der Waals surface area (Å²) in [6, 6.07) is 3.91. The minimum Gasteiger partial charge on any atom is -0.495 e. The number of benzene rings is 1. The summed E-state index contributed by atoms with van der Waals surface area (Å²) < 4.78 is 69.5. The lowest BCUT2D eigenvalue weighted by atomic mass is 10.1. The van der Waals surface area contributed by atoms with Crippen molar-refractivity contribution in [3.05, 3.63) is 18.2 Å². The molecule has 0 unspecified atom stereocenters. The van der Waals surface area contributed by atoms with Crippen LogP contribution < -0.4 is 9.04 Å². The van der Waals surface area contributed by atoms with Gasteiger partial charge in [0, 0.05) is 32.4 Å². The highest BCUT2D eigenvalue weighted by Gasteiger charge is 2.44. The third kappa shape index (κ3) is 3.52. The van der Waals surface area contributed by atoms with Crippen molar-refractivity contribution in [1.29, 1.82) is 0 Å². The highest BCUT2D eigenvalue weighted by molar-refractivity contribution is 7.94. The van der Waals surface area contributed by atoms with Gasteiger partial charge in [0.25, 0.3) is 0 Å². The standard InChI is InChI=1S/C17H22N2O8S2/c1-25-14-3-2-13(19-16(20)4-11-28(19,21)22)12-15(14)29(23,24)18-7-5-17(6-8-18)26-9-10-27-17/h2-3,12H,4-11H2,1H3. The average molecular weight is 447 g/mol. The summed E-state index contributed by atoms with van der Waals surface area (Å²) in [5, 5.41) is 0. The molecule has 4 rings (SSSR count). The molecule has 12 heteroatoms. The lowest BCUT2D eigenvalue weighted by Crippen LogP contribution is -2.47. The molecule has 29 heavy (non-hydrogen) atoms. The van der Waals surface area contributed by atoms with Crippen LogP contribution in [0.4, 0.5) is 5.69 Å². The molecule has 3 aliphatic rings. The molecule has 0 aromatic heterocycles. The van der Waals surface area contributed by atoms with Crippen molar-refractivity contribution in [2.75, 3.05) is 43.5 Å². The van der Waals surface area contributed by atoms with Crippen molar-refractivity contribution in [3.8, 4) is 5.75 Å². The molecule has 3 fully saturated rings. The molecule has 1 spiro atoms. The molecule has 0 N–H and O–H groups in total. The van der Waals surface area contributed by atoms with Crippen molar-refractivity contribution in [3.63, 3.8) is 0 Å². The van der Waals surface area contributed by atoms with Crippen molar-refractivity contribution < 1.29 is 35.8 Å². The molecule has 1 aromatic carbocycles. The van der Waals surface area contributed by atoms with E-state index in [1.165, 1.54) is 29.6 Å². The van der Waals surface area contributed by atoms with Gasteiger partial charge in [-0.2, -0.15) is 4.31 Å². The average Bonchev–Trinajstić information content (AvgIpc) is 3.25. The maximum atomic E-state index is 13.3. The summed E-state index contributed by atoms with van der Waals surface area (Å²) in [6.45, 7) is 1.36. The van der Waals surface area contributed by atoms with Crippen LogP contribution in [0, 0.1) is 0 Å². The largest absolute Gasteiger partial charge is 0.495 e. The second-order valence-corrected chi connectivity index (χ2v) is 10.9. The van der Waals surface area contributed by atoms with Crippen molar-refractivity contribution >= 4 is 31.6 Å². The number of rotatable bonds is 4. The third-order valence-electron chi connectivity index (χ3n) is 5.38. The van der Waals surface area contributed by atoms with Gasteiger partial charge in [0.05, 0.1) is 31.8 Å². The lowest BCUT2D eigenvalue weighted by molar-refractivity contribution is -0.179. The number of carbonyl (C=O) groups excluding carboxylic acids is 1. The minimum atomic E-state index is -3.99. The molecule has 0 saturated carbocycles. The normalized spacial score (nSPS) is 24.3. The zero-order valence-corrected chi connectivity index (χ0v) is 17.5. The van der Waals surface area contributed by atoms with Gasteiger partial charge < -0.3 is 14.2 Å². The van der Waals surface area contributed by atoms with Gasteiger partial charge in [-0.3, -0.25) is 4.79 Å². The molecule has 0 atom stereocenters. The van der Waals surface area contributed by atoms with E-state index < -0.39 is 31.7 Å². The van der Waals surface area contributed by atoms with E-state index in [0.717, 1.165) is 0 Å². The van der Waals surface area contributed by atoms with Crippen molar-refractivity contribution in [1.82, 2.24) is 4.31 Å². The Morgan fingerprint density at radius 3 is 2.34 bits per heavy atom. The van der Waals surface area contributed by atoms with Crippen molar-refractivity contribution in [2.45, 2.75) is 29.9 Å². The fourth-order valence-corrected chi connectivity index (χ4v) is 6.92. The molecule has 1 amide bonds. The topological polar surface area (TPSA) is 120 Å². The zero-order valence-electron chi connectivity index (χ0n) is 15.9. The van der Waals surface area contributed by atoms with Gasteiger partial charge in [0.15, 0.2) is 5.79 Å². The highest BCUT2D eigenvalue weighted by atomic mass is 32.2. The van der Waals surface area contributed by atoms with Gasteiger partial charge in [0.1, 0.15) is 10.6 Å². The first kappa shape index (κ1) is 20.5. The first-order valence-electron chi connectivity index (χ1n) is 9.21. The number of carbonyl (C=O) groups is 1. The highest BCUT2D eigenvalue weighted by Crippen LogP contribution is 2.37. The van der Waals surface area contributed by atoms with Crippen LogP contribution in [0.3, 0.4) is 0 Å². The van der Waals surface area contributed by atoms with Gasteiger partial charge in [-0.15, -0.1) is 0 Å². The molecule has 3 heterocycles. The number of amides is 1. The van der Waals surface area contributed by atoms with E-state index in [4.69, 9.17) is 14.2 Å². The molecular weight excluding hydrogens is 424 g/mol. The predicted octanol–water partition coefficient (Wildman–Crippen LogP) is 0.289. The summed E-state index contributed by atoms with van der Waals surface area (Å²) in [5.41, 5.74) is -0.0113. The quantitative estimate of drug-likeness (QED) is 0.647.